The molecule has 2 aromatic carbocycles. The van der Waals surface area contributed by atoms with Crippen molar-refractivity contribution in [1.82, 2.24) is 14.5 Å². The minimum Gasteiger partial charge on any atom is -0.366 e. The van der Waals surface area contributed by atoms with Crippen LogP contribution in [0.2, 0.25) is 0 Å². The number of nitrogens with one attached hydrogen (secondary N) is 1. The lowest BCUT2D eigenvalue weighted by Gasteiger charge is -2.19. The highest BCUT2D eigenvalue weighted by Crippen LogP contribution is 2.45. The molecule has 4 heteroatoms. The smallest absolute Gasteiger partial charge is 0.129 e. The van der Waals surface area contributed by atoms with E-state index in [0.29, 0.717) is 5.92 Å². The van der Waals surface area contributed by atoms with E-state index in [1.54, 1.807) is 0 Å². The maximum atomic E-state index is 5.04. The van der Waals surface area contributed by atoms with Gasteiger partial charge < -0.3 is 9.88 Å². The molecule has 2 heterocycles. The van der Waals surface area contributed by atoms with Crippen LogP contribution in [-0.4, -0.2) is 14.5 Å². The van der Waals surface area contributed by atoms with Gasteiger partial charge in [0.15, 0.2) is 0 Å². The number of pyridine rings is 1. The van der Waals surface area contributed by atoms with Gasteiger partial charge in [0.2, 0.25) is 0 Å². The first kappa shape index (κ1) is 19.8. The molecule has 0 spiro atoms. The zero-order valence-electron chi connectivity index (χ0n) is 18.8. The Bertz CT molecular complexity index is 1220. The summed E-state index contributed by atoms with van der Waals surface area (Å²) < 4.78 is 2.07. The minimum absolute atomic E-state index is 0.169. The highest BCUT2D eigenvalue weighted by molar-refractivity contribution is 5.92. The SMILES string of the molecule is Cn1cnc2c(-c3ccccc3C3CC3)nc(NCc3ccc(C(C)(C)C)cc3)cc21. The summed E-state index contributed by atoms with van der Waals surface area (Å²) in [7, 11) is 2.04. The standard InChI is InChI=1S/C27H30N4/c1-27(2,3)20-13-9-18(10-14-20)16-28-24-15-23-26(29-17-31(23)4)25(30-24)22-8-6-5-7-21(22)19-11-12-19/h5-10,13-15,17,19H,11-12,16H2,1-4H3,(H,28,30). The van der Waals surface area contributed by atoms with Gasteiger partial charge in [-0.2, -0.15) is 0 Å². The lowest BCUT2D eigenvalue weighted by molar-refractivity contribution is 0.590. The topological polar surface area (TPSA) is 42.7 Å². The van der Waals surface area contributed by atoms with Crippen molar-refractivity contribution in [2.45, 2.75) is 51.5 Å². The van der Waals surface area contributed by atoms with Crippen LogP contribution in [0.15, 0.2) is 60.9 Å². The van der Waals surface area contributed by atoms with Crippen molar-refractivity contribution in [2.24, 2.45) is 7.05 Å². The van der Waals surface area contributed by atoms with Crippen LogP contribution in [0.1, 0.15) is 56.2 Å². The number of aromatic nitrogens is 3. The first-order valence-corrected chi connectivity index (χ1v) is 11.1. The molecule has 5 rings (SSSR count). The van der Waals surface area contributed by atoms with Gasteiger partial charge in [-0.1, -0.05) is 69.3 Å². The Balaban J connectivity index is 1.48. The summed E-state index contributed by atoms with van der Waals surface area (Å²) in [6, 6.07) is 19.7. The monoisotopic (exact) mass is 410 g/mol. The summed E-state index contributed by atoms with van der Waals surface area (Å²) in [6.07, 6.45) is 4.42. The quantitative estimate of drug-likeness (QED) is 0.413. The molecule has 158 valence electrons. The number of anilines is 1. The summed E-state index contributed by atoms with van der Waals surface area (Å²) in [5, 5.41) is 3.55. The first-order valence-electron chi connectivity index (χ1n) is 11.1. The molecule has 1 aliphatic carbocycles. The normalized spacial score (nSPS) is 14.2. The Morgan fingerprint density at radius 1 is 1.03 bits per heavy atom. The van der Waals surface area contributed by atoms with Crippen molar-refractivity contribution in [2.75, 3.05) is 5.32 Å². The molecule has 1 saturated carbocycles. The zero-order valence-corrected chi connectivity index (χ0v) is 18.8. The van der Waals surface area contributed by atoms with Gasteiger partial charge in [0.25, 0.3) is 0 Å². The van der Waals surface area contributed by atoms with Crippen LogP contribution in [0.5, 0.6) is 0 Å². The number of hydrogen-bond donors (Lipinski definition) is 1. The number of fused-ring (bicyclic) bond motifs is 1. The van der Waals surface area contributed by atoms with Crippen molar-refractivity contribution >= 4 is 16.9 Å². The Morgan fingerprint density at radius 2 is 1.77 bits per heavy atom. The average molecular weight is 411 g/mol. The molecule has 0 aliphatic heterocycles. The average Bonchev–Trinajstić information content (AvgIpc) is 3.55. The molecule has 0 saturated heterocycles. The van der Waals surface area contributed by atoms with Crippen LogP contribution >= 0.6 is 0 Å². The van der Waals surface area contributed by atoms with Crippen molar-refractivity contribution in [3.05, 3.63) is 77.6 Å². The number of aryl methyl sites for hydroxylation is 1. The third-order valence-electron chi connectivity index (χ3n) is 6.24. The van der Waals surface area contributed by atoms with E-state index in [2.05, 4.69) is 90.2 Å². The number of rotatable bonds is 5. The van der Waals surface area contributed by atoms with Gasteiger partial charge in [-0.05, 0) is 40.9 Å². The van der Waals surface area contributed by atoms with Crippen molar-refractivity contribution in [3.63, 3.8) is 0 Å². The lowest BCUT2D eigenvalue weighted by Crippen LogP contribution is -2.11. The fourth-order valence-corrected chi connectivity index (χ4v) is 4.18. The molecule has 0 bridgehead atoms. The molecular weight excluding hydrogens is 380 g/mol. The van der Waals surface area contributed by atoms with E-state index >= 15 is 0 Å². The van der Waals surface area contributed by atoms with Gasteiger partial charge in [-0.15, -0.1) is 0 Å². The van der Waals surface area contributed by atoms with Crippen LogP contribution in [0, 0.1) is 0 Å². The van der Waals surface area contributed by atoms with Crippen LogP contribution in [0.25, 0.3) is 22.3 Å². The van der Waals surface area contributed by atoms with E-state index in [9.17, 15) is 0 Å². The number of benzene rings is 2. The van der Waals surface area contributed by atoms with Crippen molar-refractivity contribution in [3.8, 4) is 11.3 Å². The van der Waals surface area contributed by atoms with E-state index in [0.717, 1.165) is 29.1 Å². The maximum absolute atomic E-state index is 5.04. The second kappa shape index (κ2) is 7.52. The highest BCUT2D eigenvalue weighted by Gasteiger charge is 2.27. The number of nitrogens with zero attached hydrogens (tertiary/aromatic N) is 3. The molecule has 2 aromatic heterocycles. The summed E-state index contributed by atoms with van der Waals surface area (Å²) in [4.78, 5) is 9.72. The largest absolute Gasteiger partial charge is 0.366 e. The summed E-state index contributed by atoms with van der Waals surface area (Å²) >= 11 is 0. The fraction of sp³-hybridized carbons (Fsp3) is 0.333. The minimum atomic E-state index is 0.169. The second-order valence-corrected chi connectivity index (χ2v) is 9.74. The highest BCUT2D eigenvalue weighted by atomic mass is 15.1. The molecule has 0 atom stereocenters. The molecule has 4 nitrogen and oxygen atoms in total. The zero-order chi connectivity index (χ0) is 21.6. The van der Waals surface area contributed by atoms with Gasteiger partial charge in [0, 0.05) is 25.2 Å². The molecule has 1 fully saturated rings. The van der Waals surface area contributed by atoms with Gasteiger partial charge in [-0.3, -0.25) is 0 Å². The van der Waals surface area contributed by atoms with Crippen LogP contribution in [0.3, 0.4) is 0 Å². The Labute approximate surface area is 184 Å². The fourth-order valence-electron chi connectivity index (χ4n) is 4.18. The molecule has 0 amide bonds. The maximum Gasteiger partial charge on any atom is 0.129 e. The van der Waals surface area contributed by atoms with E-state index in [4.69, 9.17) is 4.98 Å². The van der Waals surface area contributed by atoms with Crippen molar-refractivity contribution in [1.29, 1.82) is 0 Å². The summed E-state index contributed by atoms with van der Waals surface area (Å²) in [5.41, 5.74) is 8.43. The number of imidazole rings is 1. The van der Waals surface area contributed by atoms with Gasteiger partial charge >= 0.3 is 0 Å². The second-order valence-electron chi connectivity index (χ2n) is 9.74. The molecule has 0 unspecified atom stereocenters. The molecule has 1 aliphatic rings. The van der Waals surface area contributed by atoms with E-state index in [1.165, 1.54) is 35.1 Å². The Hall–Kier alpha value is -3.14. The Kier molecular flexibility index (Phi) is 4.81. The predicted molar refractivity (Wildman–Crippen MR) is 128 cm³/mol. The third kappa shape index (κ3) is 3.95. The predicted octanol–water partition coefficient (Wildman–Crippen LogP) is 6.42. The summed E-state index contributed by atoms with van der Waals surface area (Å²) in [6.45, 7) is 7.47. The molecule has 4 aromatic rings. The van der Waals surface area contributed by atoms with Gasteiger partial charge in [0.1, 0.15) is 17.0 Å². The molecule has 0 radical (unpaired) electrons. The van der Waals surface area contributed by atoms with E-state index < -0.39 is 0 Å². The first-order chi connectivity index (χ1) is 14.9. The van der Waals surface area contributed by atoms with Crippen LogP contribution in [0.4, 0.5) is 5.82 Å². The molecule has 1 N–H and O–H groups in total. The van der Waals surface area contributed by atoms with Gasteiger partial charge in [0.05, 0.1) is 11.8 Å². The van der Waals surface area contributed by atoms with Crippen LogP contribution in [-0.2, 0) is 19.0 Å². The van der Waals surface area contributed by atoms with Crippen molar-refractivity contribution < 1.29 is 0 Å². The number of hydrogen-bond acceptors (Lipinski definition) is 3. The third-order valence-corrected chi connectivity index (χ3v) is 6.24. The Morgan fingerprint density at radius 3 is 2.48 bits per heavy atom. The van der Waals surface area contributed by atoms with Gasteiger partial charge in [-0.25, -0.2) is 9.97 Å². The lowest BCUT2D eigenvalue weighted by atomic mass is 9.87. The molecule has 31 heavy (non-hydrogen) atoms. The molecular formula is C27H30N4. The van der Waals surface area contributed by atoms with Crippen LogP contribution < -0.4 is 5.32 Å². The van der Waals surface area contributed by atoms with E-state index in [-0.39, 0.29) is 5.41 Å². The van der Waals surface area contributed by atoms with E-state index in [1.807, 2.05) is 13.4 Å². The summed E-state index contributed by atoms with van der Waals surface area (Å²) in [5.74, 6) is 1.55.